The zero-order valence-corrected chi connectivity index (χ0v) is 14.1. The van der Waals surface area contributed by atoms with Crippen LogP contribution in [0.2, 0.25) is 0 Å². The Bertz CT molecular complexity index is 888. The maximum atomic E-state index is 13.6. The zero-order chi connectivity index (χ0) is 17.2. The Labute approximate surface area is 145 Å². The first-order chi connectivity index (χ1) is 12.2. The topological polar surface area (TPSA) is 64.3 Å². The van der Waals surface area contributed by atoms with Crippen LogP contribution < -0.4 is 10.1 Å². The predicted molar refractivity (Wildman–Crippen MR) is 92.0 cm³/mol. The van der Waals surface area contributed by atoms with Gasteiger partial charge in [0.2, 0.25) is 5.88 Å². The van der Waals surface area contributed by atoms with Crippen molar-refractivity contribution in [2.45, 2.75) is 19.3 Å². The SMILES string of the molecule is COc1cc(C[C@@H]2CCCNC2)nc(-c2cnc3ccc(F)cn23)n1. The first kappa shape index (κ1) is 16.0. The number of aromatic nitrogens is 4. The number of halogens is 1. The van der Waals surface area contributed by atoms with Crippen LogP contribution in [-0.2, 0) is 6.42 Å². The van der Waals surface area contributed by atoms with E-state index >= 15 is 0 Å². The van der Waals surface area contributed by atoms with E-state index in [1.54, 1.807) is 23.8 Å². The largest absolute Gasteiger partial charge is 0.481 e. The summed E-state index contributed by atoms with van der Waals surface area (Å²) in [5.74, 6) is 1.23. The number of piperidine rings is 1. The summed E-state index contributed by atoms with van der Waals surface area (Å²) < 4.78 is 20.6. The second-order valence-electron chi connectivity index (χ2n) is 6.36. The molecule has 4 heterocycles. The number of hydrogen-bond donors (Lipinski definition) is 1. The molecule has 3 aromatic heterocycles. The quantitative estimate of drug-likeness (QED) is 0.790. The lowest BCUT2D eigenvalue weighted by Gasteiger charge is -2.22. The number of ether oxygens (including phenoxy) is 1. The van der Waals surface area contributed by atoms with Gasteiger partial charge in [-0.15, -0.1) is 0 Å². The molecule has 1 atom stereocenters. The van der Waals surface area contributed by atoms with E-state index in [1.807, 2.05) is 6.07 Å². The summed E-state index contributed by atoms with van der Waals surface area (Å²) in [5, 5.41) is 3.43. The molecule has 25 heavy (non-hydrogen) atoms. The molecular formula is C18H20FN5O. The Hall–Kier alpha value is -2.54. The first-order valence-corrected chi connectivity index (χ1v) is 8.48. The van der Waals surface area contributed by atoms with Crippen LogP contribution in [-0.4, -0.2) is 39.6 Å². The average Bonchev–Trinajstić information content (AvgIpc) is 3.05. The molecule has 7 heteroatoms. The minimum Gasteiger partial charge on any atom is -0.481 e. The Kier molecular flexibility index (Phi) is 4.31. The molecule has 0 aromatic carbocycles. The van der Waals surface area contributed by atoms with Gasteiger partial charge in [-0.25, -0.2) is 14.4 Å². The summed E-state index contributed by atoms with van der Waals surface area (Å²) in [5.41, 5.74) is 2.24. The number of rotatable bonds is 4. The van der Waals surface area contributed by atoms with Gasteiger partial charge in [-0.2, -0.15) is 4.98 Å². The lowest BCUT2D eigenvalue weighted by molar-refractivity contribution is 0.370. The fourth-order valence-corrected chi connectivity index (χ4v) is 3.31. The van der Waals surface area contributed by atoms with Gasteiger partial charge >= 0.3 is 0 Å². The van der Waals surface area contributed by atoms with Gasteiger partial charge in [0.05, 0.1) is 13.3 Å². The molecule has 1 saturated heterocycles. The molecule has 4 rings (SSSR count). The number of nitrogens with zero attached hydrogens (tertiary/aromatic N) is 4. The van der Waals surface area contributed by atoms with Crippen molar-refractivity contribution in [3.8, 4) is 17.4 Å². The molecule has 1 aliphatic heterocycles. The third-order valence-electron chi connectivity index (χ3n) is 4.56. The molecule has 0 aliphatic carbocycles. The minimum atomic E-state index is -0.330. The van der Waals surface area contributed by atoms with Crippen molar-refractivity contribution in [2.24, 2.45) is 5.92 Å². The highest BCUT2D eigenvalue weighted by atomic mass is 19.1. The lowest BCUT2D eigenvalue weighted by Crippen LogP contribution is -2.31. The molecule has 6 nitrogen and oxygen atoms in total. The van der Waals surface area contributed by atoms with Gasteiger partial charge in [0.15, 0.2) is 5.82 Å². The van der Waals surface area contributed by atoms with Crippen molar-refractivity contribution < 1.29 is 9.13 Å². The van der Waals surface area contributed by atoms with E-state index in [1.165, 1.54) is 25.1 Å². The van der Waals surface area contributed by atoms with Crippen LogP contribution in [0.25, 0.3) is 17.2 Å². The van der Waals surface area contributed by atoms with Gasteiger partial charge in [0.25, 0.3) is 0 Å². The van der Waals surface area contributed by atoms with E-state index in [0.29, 0.717) is 29.0 Å². The van der Waals surface area contributed by atoms with Crippen LogP contribution in [0.4, 0.5) is 4.39 Å². The smallest absolute Gasteiger partial charge is 0.216 e. The predicted octanol–water partition coefficient (Wildman–Crippen LogP) is 2.48. The highest BCUT2D eigenvalue weighted by molar-refractivity contribution is 5.57. The number of nitrogens with one attached hydrogen (secondary N) is 1. The Morgan fingerprint density at radius 3 is 3.08 bits per heavy atom. The maximum absolute atomic E-state index is 13.6. The van der Waals surface area contributed by atoms with Crippen molar-refractivity contribution in [2.75, 3.05) is 20.2 Å². The van der Waals surface area contributed by atoms with Crippen LogP contribution in [0.3, 0.4) is 0 Å². The Morgan fingerprint density at radius 2 is 2.28 bits per heavy atom. The second-order valence-corrected chi connectivity index (χ2v) is 6.36. The van der Waals surface area contributed by atoms with E-state index in [2.05, 4.69) is 15.3 Å². The van der Waals surface area contributed by atoms with E-state index in [0.717, 1.165) is 25.2 Å². The fourth-order valence-electron chi connectivity index (χ4n) is 3.31. The van der Waals surface area contributed by atoms with Crippen LogP contribution >= 0.6 is 0 Å². The molecule has 0 amide bonds. The maximum Gasteiger partial charge on any atom is 0.216 e. The molecule has 3 aromatic rings. The van der Waals surface area contributed by atoms with Crippen molar-refractivity contribution in [3.05, 3.63) is 42.1 Å². The molecule has 0 saturated carbocycles. The molecule has 1 aliphatic rings. The van der Waals surface area contributed by atoms with Crippen molar-refractivity contribution >= 4 is 5.65 Å². The van der Waals surface area contributed by atoms with Crippen molar-refractivity contribution in [3.63, 3.8) is 0 Å². The number of hydrogen-bond acceptors (Lipinski definition) is 5. The van der Waals surface area contributed by atoms with Gasteiger partial charge in [-0.1, -0.05) is 0 Å². The molecule has 0 spiro atoms. The third kappa shape index (κ3) is 3.32. The molecule has 130 valence electrons. The fraction of sp³-hybridized carbons (Fsp3) is 0.389. The van der Waals surface area contributed by atoms with E-state index < -0.39 is 0 Å². The zero-order valence-electron chi connectivity index (χ0n) is 14.1. The van der Waals surface area contributed by atoms with Crippen LogP contribution in [0.1, 0.15) is 18.5 Å². The number of fused-ring (bicyclic) bond motifs is 1. The molecular weight excluding hydrogens is 321 g/mol. The van der Waals surface area contributed by atoms with Crippen LogP contribution in [0.5, 0.6) is 5.88 Å². The van der Waals surface area contributed by atoms with Crippen molar-refractivity contribution in [1.82, 2.24) is 24.7 Å². The van der Waals surface area contributed by atoms with Gasteiger partial charge < -0.3 is 10.1 Å². The van der Waals surface area contributed by atoms with Crippen molar-refractivity contribution in [1.29, 1.82) is 0 Å². The summed E-state index contributed by atoms with van der Waals surface area (Å²) in [6.07, 6.45) is 6.30. The molecule has 0 bridgehead atoms. The monoisotopic (exact) mass is 341 g/mol. The van der Waals surface area contributed by atoms with Crippen LogP contribution in [0.15, 0.2) is 30.6 Å². The molecule has 1 fully saturated rings. The number of methoxy groups -OCH3 is 1. The summed E-state index contributed by atoms with van der Waals surface area (Å²) in [4.78, 5) is 13.4. The average molecular weight is 341 g/mol. The Balaban J connectivity index is 1.72. The number of imidazole rings is 1. The molecule has 0 unspecified atom stereocenters. The van der Waals surface area contributed by atoms with Gasteiger partial charge in [-0.05, 0) is 50.4 Å². The van der Waals surface area contributed by atoms with E-state index in [9.17, 15) is 4.39 Å². The van der Waals surface area contributed by atoms with E-state index in [-0.39, 0.29) is 5.82 Å². The standard InChI is InChI=1S/C18H20FN5O/c1-25-17-8-14(7-12-3-2-6-20-9-12)22-18(23-17)15-10-21-16-5-4-13(19)11-24(15)16/h4-5,8,10-12,20H,2-3,6-7,9H2,1H3/t12-/m0/s1. The Morgan fingerprint density at radius 1 is 1.36 bits per heavy atom. The molecule has 1 N–H and O–H groups in total. The summed E-state index contributed by atoms with van der Waals surface area (Å²) in [7, 11) is 1.59. The summed E-state index contributed by atoms with van der Waals surface area (Å²) >= 11 is 0. The van der Waals surface area contributed by atoms with Gasteiger partial charge in [0, 0.05) is 18.0 Å². The lowest BCUT2D eigenvalue weighted by atomic mass is 9.94. The summed E-state index contributed by atoms with van der Waals surface area (Å²) in [6, 6.07) is 4.90. The normalized spacial score (nSPS) is 17.8. The first-order valence-electron chi connectivity index (χ1n) is 8.48. The summed E-state index contributed by atoms with van der Waals surface area (Å²) in [6.45, 7) is 2.09. The highest BCUT2D eigenvalue weighted by Crippen LogP contribution is 2.23. The van der Waals surface area contributed by atoms with Gasteiger partial charge in [0.1, 0.15) is 17.2 Å². The molecule has 0 radical (unpaired) electrons. The highest BCUT2D eigenvalue weighted by Gasteiger charge is 2.17. The van der Waals surface area contributed by atoms with Gasteiger partial charge in [-0.3, -0.25) is 4.40 Å². The third-order valence-corrected chi connectivity index (χ3v) is 4.56. The van der Waals surface area contributed by atoms with E-state index in [4.69, 9.17) is 9.72 Å². The second kappa shape index (κ2) is 6.76. The minimum absolute atomic E-state index is 0.330. The van der Waals surface area contributed by atoms with Crippen LogP contribution in [0, 0.1) is 11.7 Å². The number of pyridine rings is 1.